The van der Waals surface area contributed by atoms with E-state index in [-0.39, 0.29) is 43.7 Å². The first-order valence-electron chi connectivity index (χ1n) is 11.1. The van der Waals surface area contributed by atoms with Gasteiger partial charge in [-0.3, -0.25) is 14.3 Å². The van der Waals surface area contributed by atoms with Crippen molar-refractivity contribution in [1.82, 2.24) is 14.8 Å². The Hall–Kier alpha value is -3.52. The molecule has 4 heterocycles. The van der Waals surface area contributed by atoms with E-state index in [0.29, 0.717) is 24.2 Å². The van der Waals surface area contributed by atoms with Crippen molar-refractivity contribution in [1.29, 1.82) is 0 Å². The number of hydrogen-bond acceptors (Lipinski definition) is 6. The Morgan fingerprint density at radius 1 is 1.32 bits per heavy atom. The van der Waals surface area contributed by atoms with E-state index in [0.717, 1.165) is 10.7 Å². The lowest BCUT2D eigenvalue weighted by Gasteiger charge is -2.16. The van der Waals surface area contributed by atoms with E-state index in [1.54, 1.807) is 0 Å². The number of pyridine rings is 1. The summed E-state index contributed by atoms with van der Waals surface area (Å²) in [5.74, 6) is -1.95. The van der Waals surface area contributed by atoms with E-state index in [1.165, 1.54) is 25.3 Å². The van der Waals surface area contributed by atoms with Crippen LogP contribution in [0.25, 0.3) is 21.5 Å². The Labute approximate surface area is 219 Å². The smallest absolute Gasteiger partial charge is 0.436 e. The van der Waals surface area contributed by atoms with Gasteiger partial charge in [-0.15, -0.1) is 11.3 Å². The number of fused-ring (bicyclic) bond motifs is 1. The van der Waals surface area contributed by atoms with Gasteiger partial charge in [0.2, 0.25) is 5.91 Å². The number of anilines is 1. The van der Waals surface area contributed by atoms with Crippen LogP contribution in [-0.4, -0.2) is 26.6 Å². The summed E-state index contributed by atoms with van der Waals surface area (Å²) in [4.78, 5) is 29.3. The maximum Gasteiger partial charge on any atom is 0.436 e. The van der Waals surface area contributed by atoms with E-state index < -0.39 is 46.9 Å². The maximum atomic E-state index is 13.6. The molecular formula is C23H17ClF5N5O3S. The lowest BCUT2D eigenvalue weighted by Crippen LogP contribution is -2.27. The number of primary amides is 1. The highest BCUT2D eigenvalue weighted by Gasteiger charge is 2.43. The molecule has 0 radical (unpaired) electrons. The van der Waals surface area contributed by atoms with Crippen LogP contribution >= 0.6 is 22.9 Å². The third-order valence-corrected chi connectivity index (χ3v) is 7.50. The third kappa shape index (κ3) is 4.51. The number of nitrogens with zero attached hydrogens (tertiary/aromatic N) is 3. The first-order valence-corrected chi connectivity index (χ1v) is 12.3. The molecule has 4 aromatic rings. The van der Waals surface area contributed by atoms with Crippen LogP contribution in [0.15, 0.2) is 28.9 Å². The highest BCUT2D eigenvalue weighted by atomic mass is 35.5. The van der Waals surface area contributed by atoms with E-state index in [9.17, 15) is 31.5 Å². The lowest BCUT2D eigenvalue weighted by molar-refractivity contribution is -0.141. The summed E-state index contributed by atoms with van der Waals surface area (Å²) in [6.45, 7) is 1.32. The Bertz CT molecular complexity index is 1560. The van der Waals surface area contributed by atoms with Crippen molar-refractivity contribution in [2.75, 3.05) is 5.32 Å². The quantitative estimate of drug-likeness (QED) is 0.244. The fourth-order valence-corrected chi connectivity index (χ4v) is 5.51. The lowest BCUT2D eigenvalue weighted by atomic mass is 10.1. The average Bonchev–Trinajstić information content (AvgIpc) is 3.25. The second-order valence-electron chi connectivity index (χ2n) is 8.65. The number of halogens is 6. The van der Waals surface area contributed by atoms with Gasteiger partial charge in [-0.2, -0.15) is 18.3 Å². The van der Waals surface area contributed by atoms with Gasteiger partial charge in [-0.05, 0) is 38.0 Å². The fraction of sp³-hybridized carbons (Fsp3) is 0.304. The Morgan fingerprint density at radius 3 is 2.58 bits per heavy atom. The van der Waals surface area contributed by atoms with Crippen LogP contribution < -0.4 is 11.1 Å². The molecule has 5 rings (SSSR count). The number of nitrogens with two attached hydrogens (primary N) is 1. The van der Waals surface area contributed by atoms with Crippen molar-refractivity contribution < 1.29 is 36.0 Å². The molecule has 8 nitrogen and oxygen atoms in total. The first-order chi connectivity index (χ1) is 17.9. The van der Waals surface area contributed by atoms with Crippen LogP contribution in [0.3, 0.4) is 0 Å². The van der Waals surface area contributed by atoms with Crippen molar-refractivity contribution >= 4 is 50.7 Å². The second-order valence-corrected chi connectivity index (χ2v) is 10.0. The maximum absolute atomic E-state index is 13.6. The monoisotopic (exact) mass is 573 g/mol. The Kier molecular flexibility index (Phi) is 6.42. The largest absolute Gasteiger partial charge is 0.464 e. The molecule has 1 saturated carbocycles. The van der Waals surface area contributed by atoms with Crippen molar-refractivity contribution in [2.45, 2.75) is 44.3 Å². The molecule has 0 bridgehead atoms. The van der Waals surface area contributed by atoms with Gasteiger partial charge in [0.1, 0.15) is 27.2 Å². The topological polar surface area (TPSA) is 116 Å². The summed E-state index contributed by atoms with van der Waals surface area (Å²) in [6, 6.07) is 2.78. The van der Waals surface area contributed by atoms with Crippen LogP contribution in [0.5, 0.6) is 0 Å². The zero-order valence-electron chi connectivity index (χ0n) is 19.3. The number of alkyl halides is 5. The third-order valence-electron chi connectivity index (χ3n) is 6.03. The van der Waals surface area contributed by atoms with Crippen LogP contribution in [-0.2, 0) is 11.0 Å². The molecule has 1 atom stereocenters. The molecule has 4 aromatic heterocycles. The minimum atomic E-state index is -4.84. The molecule has 1 aliphatic rings. The van der Waals surface area contributed by atoms with Gasteiger partial charge < -0.3 is 15.5 Å². The molecule has 1 unspecified atom stereocenters. The molecule has 3 N–H and O–H groups in total. The summed E-state index contributed by atoms with van der Waals surface area (Å²) < 4.78 is 73.9. The van der Waals surface area contributed by atoms with Gasteiger partial charge in [0.25, 0.3) is 12.3 Å². The zero-order valence-corrected chi connectivity index (χ0v) is 20.8. The normalized spacial score (nSPS) is 14.8. The molecular weight excluding hydrogens is 557 g/mol. The highest BCUT2D eigenvalue weighted by molar-refractivity contribution is 7.21. The number of rotatable bonds is 7. The van der Waals surface area contributed by atoms with Crippen molar-refractivity contribution in [2.24, 2.45) is 5.73 Å². The summed E-state index contributed by atoms with van der Waals surface area (Å²) in [5.41, 5.74) is 3.69. The summed E-state index contributed by atoms with van der Waals surface area (Å²) >= 11 is 6.71. The van der Waals surface area contributed by atoms with Crippen LogP contribution in [0.1, 0.15) is 64.9 Å². The number of carbonyl (C=O) groups is 2. The molecule has 200 valence electrons. The summed E-state index contributed by atoms with van der Waals surface area (Å²) in [7, 11) is 0. The minimum Gasteiger partial charge on any atom is -0.464 e. The summed E-state index contributed by atoms with van der Waals surface area (Å²) in [6.07, 6.45) is -5.30. The molecule has 2 amide bonds. The van der Waals surface area contributed by atoms with Crippen LogP contribution in [0.2, 0.25) is 5.02 Å². The highest BCUT2D eigenvalue weighted by Crippen LogP contribution is 2.48. The van der Waals surface area contributed by atoms with Crippen molar-refractivity contribution in [3.05, 3.63) is 51.4 Å². The number of amides is 2. The van der Waals surface area contributed by atoms with Gasteiger partial charge in [0, 0.05) is 16.9 Å². The molecule has 0 saturated heterocycles. The number of furan rings is 1. The van der Waals surface area contributed by atoms with Gasteiger partial charge in [-0.25, -0.2) is 13.8 Å². The standard InChI is InChI=1S/C23H17ClF5N5O3S/c1-8(34-16(9-4-5-9)14(24)18(33-34)23(27,28)29)21(36)32-15-13-10(12-3-2-6-37-12)7-11(19(25)26)31-22(13)38-17(15)20(30)35/h2-3,6-9,19H,4-5H2,1H3,(H2,30,35)(H,32,36). The zero-order chi connectivity index (χ0) is 27.5. The SMILES string of the molecule is CC(C(=O)Nc1c(C(N)=O)sc2nc(C(F)F)cc(-c3ccco3)c12)n1nc(C(F)(F)F)c(Cl)c1C1CC1. The predicted octanol–water partition coefficient (Wildman–Crippen LogP) is 6.54. The second kappa shape index (κ2) is 9.34. The molecule has 1 aliphatic carbocycles. The van der Waals surface area contributed by atoms with E-state index >= 15 is 0 Å². The van der Waals surface area contributed by atoms with Crippen LogP contribution in [0.4, 0.5) is 27.6 Å². The van der Waals surface area contributed by atoms with Gasteiger partial charge in [0.05, 0.1) is 22.7 Å². The van der Waals surface area contributed by atoms with Gasteiger partial charge >= 0.3 is 6.18 Å². The number of thiophene rings is 1. The molecule has 1 fully saturated rings. The van der Waals surface area contributed by atoms with E-state index in [2.05, 4.69) is 15.4 Å². The predicted molar refractivity (Wildman–Crippen MR) is 128 cm³/mol. The van der Waals surface area contributed by atoms with Crippen molar-refractivity contribution in [3.8, 4) is 11.3 Å². The minimum absolute atomic E-state index is 0.0221. The van der Waals surface area contributed by atoms with Crippen LogP contribution in [0, 0.1) is 0 Å². The molecule has 0 spiro atoms. The molecule has 0 aromatic carbocycles. The number of hydrogen-bond donors (Lipinski definition) is 2. The Balaban J connectivity index is 1.62. The van der Waals surface area contributed by atoms with E-state index in [1.807, 2.05) is 0 Å². The Morgan fingerprint density at radius 2 is 2.03 bits per heavy atom. The molecule has 15 heteroatoms. The number of aromatic nitrogens is 3. The molecule has 38 heavy (non-hydrogen) atoms. The summed E-state index contributed by atoms with van der Waals surface area (Å²) in [5, 5.41) is 5.68. The number of nitrogens with one attached hydrogen (secondary N) is 1. The first kappa shape index (κ1) is 26.1. The van der Waals surface area contributed by atoms with E-state index in [4.69, 9.17) is 21.8 Å². The van der Waals surface area contributed by atoms with Gasteiger partial charge in [-0.1, -0.05) is 11.6 Å². The average molecular weight is 574 g/mol. The number of carbonyl (C=O) groups excluding carboxylic acids is 2. The van der Waals surface area contributed by atoms with Crippen molar-refractivity contribution in [3.63, 3.8) is 0 Å². The molecule has 0 aliphatic heterocycles. The van der Waals surface area contributed by atoms with Gasteiger partial charge in [0.15, 0.2) is 5.69 Å². The fourth-order valence-electron chi connectivity index (χ4n) is 4.11.